The second kappa shape index (κ2) is 5.98. The van der Waals surface area contributed by atoms with Gasteiger partial charge in [0.05, 0.1) is 16.8 Å². The number of pyridine rings is 1. The normalized spacial score (nSPS) is 11.5. The van der Waals surface area contributed by atoms with Crippen LogP contribution < -0.4 is 0 Å². The summed E-state index contributed by atoms with van der Waals surface area (Å²) in [5.41, 5.74) is 3.20. The SMILES string of the molecule is N#CC(=Cc1ccccc1)c1nc2ccccc2c2ccccc12. The lowest BCUT2D eigenvalue weighted by molar-refractivity contribution is 1.38. The van der Waals surface area contributed by atoms with Crippen molar-refractivity contribution in [3.05, 3.63) is 90.1 Å². The Hall–Kier alpha value is -3.44. The first kappa shape index (κ1) is 14.2. The van der Waals surface area contributed by atoms with Crippen molar-refractivity contribution in [2.24, 2.45) is 0 Å². The molecule has 2 heteroatoms. The van der Waals surface area contributed by atoms with Crippen LogP contribution in [0.2, 0.25) is 0 Å². The molecule has 0 fully saturated rings. The molecule has 0 amide bonds. The van der Waals surface area contributed by atoms with Crippen LogP contribution >= 0.6 is 0 Å². The van der Waals surface area contributed by atoms with Crippen LogP contribution in [0.15, 0.2) is 78.9 Å². The second-order valence-electron chi connectivity index (χ2n) is 5.60. The minimum atomic E-state index is 0.572. The Labute approximate surface area is 140 Å². The monoisotopic (exact) mass is 306 g/mol. The Morgan fingerprint density at radius 1 is 0.750 bits per heavy atom. The van der Waals surface area contributed by atoms with Gasteiger partial charge in [0.15, 0.2) is 0 Å². The van der Waals surface area contributed by atoms with Gasteiger partial charge in [-0.15, -0.1) is 0 Å². The number of nitriles is 1. The maximum Gasteiger partial charge on any atom is 0.101 e. The number of benzene rings is 3. The molecule has 0 atom stereocenters. The van der Waals surface area contributed by atoms with Gasteiger partial charge < -0.3 is 0 Å². The van der Waals surface area contributed by atoms with Gasteiger partial charge in [-0.2, -0.15) is 5.26 Å². The zero-order valence-corrected chi connectivity index (χ0v) is 13.0. The molecule has 0 aliphatic heterocycles. The summed E-state index contributed by atoms with van der Waals surface area (Å²) in [6, 6.07) is 28.4. The van der Waals surface area contributed by atoms with E-state index in [1.54, 1.807) is 0 Å². The average molecular weight is 306 g/mol. The minimum Gasteiger partial charge on any atom is -0.246 e. The molecule has 0 aliphatic rings. The quantitative estimate of drug-likeness (QED) is 0.364. The number of hydrogen-bond donors (Lipinski definition) is 0. The van der Waals surface area contributed by atoms with E-state index in [1.807, 2.05) is 72.8 Å². The lowest BCUT2D eigenvalue weighted by Crippen LogP contribution is -1.92. The van der Waals surface area contributed by atoms with Crippen LogP contribution in [0.3, 0.4) is 0 Å². The van der Waals surface area contributed by atoms with Crippen molar-refractivity contribution in [1.82, 2.24) is 4.98 Å². The summed E-state index contributed by atoms with van der Waals surface area (Å²) in [4.78, 5) is 4.78. The van der Waals surface area contributed by atoms with Gasteiger partial charge >= 0.3 is 0 Å². The van der Waals surface area contributed by atoms with E-state index in [0.717, 1.165) is 32.9 Å². The second-order valence-corrected chi connectivity index (χ2v) is 5.60. The van der Waals surface area contributed by atoms with Gasteiger partial charge in [-0.25, -0.2) is 4.98 Å². The predicted molar refractivity (Wildman–Crippen MR) is 99.2 cm³/mol. The summed E-state index contributed by atoms with van der Waals surface area (Å²) in [5.74, 6) is 0. The number of allylic oxidation sites excluding steroid dienone is 1. The molecule has 4 rings (SSSR count). The highest BCUT2D eigenvalue weighted by molar-refractivity contribution is 6.11. The van der Waals surface area contributed by atoms with Crippen molar-refractivity contribution in [3.8, 4) is 6.07 Å². The molecule has 0 N–H and O–H groups in total. The van der Waals surface area contributed by atoms with E-state index in [9.17, 15) is 5.26 Å². The van der Waals surface area contributed by atoms with E-state index < -0.39 is 0 Å². The molecule has 0 unspecified atom stereocenters. The van der Waals surface area contributed by atoms with Crippen molar-refractivity contribution < 1.29 is 0 Å². The van der Waals surface area contributed by atoms with Crippen LogP contribution in [0, 0.1) is 11.3 Å². The summed E-state index contributed by atoms with van der Waals surface area (Å²) < 4.78 is 0. The molecule has 2 nitrogen and oxygen atoms in total. The molecule has 0 bridgehead atoms. The molecule has 4 aromatic rings. The molecular formula is C22H14N2. The topological polar surface area (TPSA) is 36.7 Å². The Morgan fingerprint density at radius 2 is 1.38 bits per heavy atom. The van der Waals surface area contributed by atoms with Crippen LogP contribution in [-0.4, -0.2) is 4.98 Å². The molecule has 0 spiro atoms. The number of fused-ring (bicyclic) bond motifs is 3. The number of hydrogen-bond acceptors (Lipinski definition) is 2. The third-order valence-corrected chi connectivity index (χ3v) is 4.09. The average Bonchev–Trinajstić information content (AvgIpc) is 2.66. The Kier molecular flexibility index (Phi) is 3.53. The lowest BCUT2D eigenvalue weighted by Gasteiger charge is -2.09. The van der Waals surface area contributed by atoms with E-state index in [0.29, 0.717) is 5.57 Å². The fourth-order valence-corrected chi connectivity index (χ4v) is 2.98. The van der Waals surface area contributed by atoms with Crippen molar-refractivity contribution in [1.29, 1.82) is 5.26 Å². The zero-order chi connectivity index (χ0) is 16.4. The first-order chi connectivity index (χ1) is 11.9. The van der Waals surface area contributed by atoms with Gasteiger partial charge in [0.25, 0.3) is 0 Å². The smallest absolute Gasteiger partial charge is 0.101 e. The van der Waals surface area contributed by atoms with Crippen LogP contribution in [0.1, 0.15) is 11.3 Å². The van der Waals surface area contributed by atoms with Crippen molar-refractivity contribution in [3.63, 3.8) is 0 Å². The van der Waals surface area contributed by atoms with E-state index >= 15 is 0 Å². The molecule has 1 aromatic heterocycles. The Bertz CT molecular complexity index is 1100. The summed E-state index contributed by atoms with van der Waals surface area (Å²) in [5, 5.41) is 12.9. The molecule has 24 heavy (non-hydrogen) atoms. The molecule has 0 aliphatic carbocycles. The van der Waals surface area contributed by atoms with Crippen LogP contribution in [0.25, 0.3) is 33.3 Å². The first-order valence-electron chi connectivity index (χ1n) is 7.81. The largest absolute Gasteiger partial charge is 0.246 e. The standard InChI is InChI=1S/C22H14N2/c23-15-17(14-16-8-2-1-3-9-16)22-20-12-5-4-10-18(20)19-11-6-7-13-21(19)24-22/h1-14H. The van der Waals surface area contributed by atoms with Crippen LogP contribution in [0.4, 0.5) is 0 Å². The van der Waals surface area contributed by atoms with Crippen LogP contribution in [-0.2, 0) is 0 Å². The van der Waals surface area contributed by atoms with Gasteiger partial charge in [-0.1, -0.05) is 72.8 Å². The predicted octanol–water partition coefficient (Wildman–Crippen LogP) is 5.45. The van der Waals surface area contributed by atoms with Crippen molar-refractivity contribution >= 4 is 33.3 Å². The number of rotatable bonds is 2. The van der Waals surface area contributed by atoms with Crippen molar-refractivity contribution in [2.45, 2.75) is 0 Å². The third kappa shape index (κ3) is 2.43. The number of para-hydroxylation sites is 1. The first-order valence-corrected chi connectivity index (χ1v) is 7.81. The zero-order valence-electron chi connectivity index (χ0n) is 13.0. The third-order valence-electron chi connectivity index (χ3n) is 4.09. The summed E-state index contributed by atoms with van der Waals surface area (Å²) in [6.45, 7) is 0. The highest BCUT2D eigenvalue weighted by atomic mass is 14.7. The molecule has 0 radical (unpaired) electrons. The highest BCUT2D eigenvalue weighted by Crippen LogP contribution is 2.30. The molecule has 1 heterocycles. The van der Waals surface area contributed by atoms with E-state index in [4.69, 9.17) is 4.98 Å². The summed E-state index contributed by atoms with van der Waals surface area (Å²) >= 11 is 0. The molecule has 0 saturated heterocycles. The highest BCUT2D eigenvalue weighted by Gasteiger charge is 2.11. The van der Waals surface area contributed by atoms with Gasteiger partial charge in [0.2, 0.25) is 0 Å². The minimum absolute atomic E-state index is 0.572. The van der Waals surface area contributed by atoms with E-state index in [2.05, 4.69) is 18.2 Å². The Morgan fingerprint density at radius 3 is 2.12 bits per heavy atom. The summed E-state index contributed by atoms with van der Waals surface area (Å²) in [7, 11) is 0. The molecule has 3 aromatic carbocycles. The van der Waals surface area contributed by atoms with Gasteiger partial charge in [-0.3, -0.25) is 0 Å². The number of aromatic nitrogens is 1. The fourth-order valence-electron chi connectivity index (χ4n) is 2.98. The van der Waals surface area contributed by atoms with Crippen LogP contribution in [0.5, 0.6) is 0 Å². The lowest BCUT2D eigenvalue weighted by atomic mass is 9.99. The summed E-state index contributed by atoms with van der Waals surface area (Å²) in [6.07, 6.45) is 1.89. The van der Waals surface area contributed by atoms with Gasteiger partial charge in [-0.05, 0) is 23.1 Å². The Balaban J connectivity index is 2.04. The molecular weight excluding hydrogens is 292 g/mol. The van der Waals surface area contributed by atoms with E-state index in [-0.39, 0.29) is 0 Å². The molecule has 112 valence electrons. The molecule has 0 saturated carbocycles. The van der Waals surface area contributed by atoms with Gasteiger partial charge in [0, 0.05) is 10.8 Å². The number of nitrogens with zero attached hydrogens (tertiary/aromatic N) is 2. The maximum absolute atomic E-state index is 9.71. The fraction of sp³-hybridized carbons (Fsp3) is 0. The van der Waals surface area contributed by atoms with E-state index in [1.165, 1.54) is 0 Å². The maximum atomic E-state index is 9.71. The van der Waals surface area contributed by atoms with Gasteiger partial charge in [0.1, 0.15) is 6.07 Å². The van der Waals surface area contributed by atoms with Crippen molar-refractivity contribution in [2.75, 3.05) is 0 Å².